The molecule has 8 nitrogen and oxygen atoms in total. The molecule has 13 heteroatoms. The largest absolute Gasteiger partial charge is 0.367 e. The molecule has 0 aliphatic carbocycles. The smallest absolute Gasteiger partial charge is 0.288 e. The quantitative estimate of drug-likeness (QED) is 0.210. The average molecular weight is 595 g/mol. The van der Waals surface area contributed by atoms with E-state index in [9.17, 15) is 20.2 Å². The molecule has 0 aromatic heterocycles. The molecule has 2 aliphatic heterocycles. The first-order chi connectivity index (χ1) is 19.1. The highest BCUT2D eigenvalue weighted by Crippen LogP contribution is 2.50. The summed E-state index contributed by atoms with van der Waals surface area (Å²) >= 11 is 11.9. The van der Waals surface area contributed by atoms with Crippen LogP contribution in [0, 0.1) is 37.7 Å². The SMILES string of the molecule is O=[N+]([O-])c1cc([C@H]2CC[C@H](c3cc([N+](=O)[O-])c(Cl)cc3F)N2c2cc(F)c(N3CCCCC3)c(F)c2)ccc1Cl. The van der Waals surface area contributed by atoms with Gasteiger partial charge in [0.15, 0.2) is 11.6 Å². The predicted molar refractivity (Wildman–Crippen MR) is 146 cm³/mol. The van der Waals surface area contributed by atoms with Crippen LogP contribution in [0.3, 0.4) is 0 Å². The highest BCUT2D eigenvalue weighted by molar-refractivity contribution is 6.33. The maximum absolute atomic E-state index is 15.5. The maximum Gasteiger partial charge on any atom is 0.288 e. The Kier molecular flexibility index (Phi) is 7.78. The van der Waals surface area contributed by atoms with E-state index in [1.54, 1.807) is 15.9 Å². The van der Waals surface area contributed by atoms with Gasteiger partial charge in [-0.1, -0.05) is 29.3 Å². The number of nitro groups is 2. The number of hydrogen-bond acceptors (Lipinski definition) is 6. The molecule has 0 saturated carbocycles. The van der Waals surface area contributed by atoms with Gasteiger partial charge in [-0.3, -0.25) is 20.2 Å². The molecule has 5 rings (SSSR count). The van der Waals surface area contributed by atoms with Crippen LogP contribution >= 0.6 is 23.2 Å². The summed E-state index contributed by atoms with van der Waals surface area (Å²) in [7, 11) is 0. The van der Waals surface area contributed by atoms with Gasteiger partial charge in [-0.15, -0.1) is 0 Å². The van der Waals surface area contributed by atoms with Crippen LogP contribution in [0.4, 0.5) is 35.9 Å². The zero-order valence-corrected chi connectivity index (χ0v) is 22.5. The molecule has 0 N–H and O–H groups in total. The second-order valence-electron chi connectivity index (χ2n) is 9.87. The number of hydrogen-bond donors (Lipinski definition) is 0. The molecule has 2 fully saturated rings. The fourth-order valence-corrected chi connectivity index (χ4v) is 6.16. The lowest BCUT2D eigenvalue weighted by atomic mass is 10.0. The lowest BCUT2D eigenvalue weighted by Crippen LogP contribution is -2.31. The van der Waals surface area contributed by atoms with Gasteiger partial charge >= 0.3 is 0 Å². The molecular weight excluding hydrogens is 572 g/mol. The minimum atomic E-state index is -0.893. The van der Waals surface area contributed by atoms with Crippen LogP contribution in [-0.4, -0.2) is 22.9 Å². The Morgan fingerprint density at radius 2 is 1.35 bits per heavy atom. The minimum absolute atomic E-state index is 0.0675. The van der Waals surface area contributed by atoms with Gasteiger partial charge in [0.25, 0.3) is 11.4 Å². The summed E-state index contributed by atoms with van der Waals surface area (Å²) in [5.74, 6) is -2.42. The molecule has 2 saturated heterocycles. The van der Waals surface area contributed by atoms with Crippen molar-refractivity contribution in [2.75, 3.05) is 22.9 Å². The topological polar surface area (TPSA) is 92.8 Å². The van der Waals surface area contributed by atoms with Crippen LogP contribution in [0.15, 0.2) is 42.5 Å². The molecule has 0 bridgehead atoms. The first-order valence-corrected chi connectivity index (χ1v) is 13.4. The number of rotatable bonds is 6. The Morgan fingerprint density at radius 1 is 0.750 bits per heavy atom. The van der Waals surface area contributed by atoms with E-state index in [2.05, 4.69) is 0 Å². The number of nitrogens with zero attached hydrogens (tertiary/aromatic N) is 4. The summed E-state index contributed by atoms with van der Waals surface area (Å²) in [5.41, 5.74) is -0.606. The fraction of sp³-hybridized carbons (Fsp3) is 0.333. The molecule has 0 spiro atoms. The Hall–Kier alpha value is -3.57. The Labute approximate surface area is 237 Å². The van der Waals surface area contributed by atoms with Crippen LogP contribution in [0.2, 0.25) is 10.0 Å². The number of benzene rings is 3. The summed E-state index contributed by atoms with van der Waals surface area (Å²) in [6.45, 7) is 1.02. The van der Waals surface area contributed by atoms with Gasteiger partial charge in [0.1, 0.15) is 21.5 Å². The molecule has 3 aromatic rings. The summed E-state index contributed by atoms with van der Waals surface area (Å²) in [5, 5.41) is 22.6. The van der Waals surface area contributed by atoms with Crippen molar-refractivity contribution in [1.29, 1.82) is 0 Å². The van der Waals surface area contributed by atoms with Crippen molar-refractivity contribution in [2.24, 2.45) is 0 Å². The highest BCUT2D eigenvalue weighted by Gasteiger charge is 2.39. The van der Waals surface area contributed by atoms with Gasteiger partial charge in [0, 0.05) is 36.5 Å². The van der Waals surface area contributed by atoms with E-state index < -0.39 is 45.1 Å². The van der Waals surface area contributed by atoms with Crippen molar-refractivity contribution in [3.63, 3.8) is 0 Å². The third kappa shape index (κ3) is 5.15. The van der Waals surface area contributed by atoms with E-state index in [0.717, 1.165) is 43.5 Å². The maximum atomic E-state index is 15.5. The van der Waals surface area contributed by atoms with Crippen LogP contribution in [0.1, 0.15) is 55.3 Å². The van der Waals surface area contributed by atoms with E-state index in [0.29, 0.717) is 25.1 Å². The first-order valence-electron chi connectivity index (χ1n) is 12.7. The molecule has 2 atom stereocenters. The molecular formula is C27H23Cl2F3N4O4. The number of anilines is 2. The summed E-state index contributed by atoms with van der Waals surface area (Å²) in [6.07, 6.45) is 3.12. The van der Waals surface area contributed by atoms with E-state index in [-0.39, 0.29) is 39.1 Å². The van der Waals surface area contributed by atoms with E-state index in [4.69, 9.17) is 23.2 Å². The standard InChI is InChI=1S/C27H23Cl2F3N4O4/c28-18-5-4-15(10-25(18)35(37)38)23-6-7-24(17-13-26(36(39)40)19(29)14-20(17)30)34(23)16-11-21(31)27(22(32)12-16)33-8-2-1-3-9-33/h4-5,10-14,23-24H,1-3,6-9H2/t23-,24-/m1/s1. The molecule has 0 radical (unpaired) electrons. The fourth-order valence-electron chi connectivity index (χ4n) is 5.75. The highest BCUT2D eigenvalue weighted by atomic mass is 35.5. The van der Waals surface area contributed by atoms with Crippen molar-refractivity contribution in [3.8, 4) is 0 Å². The molecule has 3 aromatic carbocycles. The Bertz CT molecular complexity index is 1480. The summed E-state index contributed by atoms with van der Waals surface area (Å²) in [6, 6.07) is 6.79. The molecule has 2 heterocycles. The van der Waals surface area contributed by atoms with Crippen molar-refractivity contribution in [2.45, 2.75) is 44.2 Å². The third-order valence-electron chi connectivity index (χ3n) is 7.53. The number of halogens is 5. The molecule has 2 aliphatic rings. The number of piperidine rings is 1. The van der Waals surface area contributed by atoms with Crippen molar-refractivity contribution in [3.05, 3.63) is 101 Å². The second kappa shape index (κ2) is 11.1. The normalized spacial score (nSPS) is 19.2. The summed E-state index contributed by atoms with van der Waals surface area (Å²) < 4.78 is 46.3. The predicted octanol–water partition coefficient (Wildman–Crippen LogP) is 8.30. The average Bonchev–Trinajstić information content (AvgIpc) is 3.33. The molecule has 0 unspecified atom stereocenters. The monoisotopic (exact) mass is 594 g/mol. The minimum Gasteiger partial charge on any atom is -0.367 e. The molecule has 0 amide bonds. The molecule has 40 heavy (non-hydrogen) atoms. The van der Waals surface area contributed by atoms with Gasteiger partial charge in [-0.25, -0.2) is 13.2 Å². The second-order valence-corrected chi connectivity index (χ2v) is 10.7. The van der Waals surface area contributed by atoms with Gasteiger partial charge < -0.3 is 9.80 Å². The van der Waals surface area contributed by atoms with Crippen molar-refractivity contribution >= 4 is 46.0 Å². The van der Waals surface area contributed by atoms with Crippen LogP contribution in [-0.2, 0) is 0 Å². The Morgan fingerprint density at radius 3 is 1.98 bits per heavy atom. The first kappa shape index (κ1) is 28.0. The van der Waals surface area contributed by atoms with Gasteiger partial charge in [0.2, 0.25) is 0 Å². The van der Waals surface area contributed by atoms with E-state index in [1.807, 2.05) is 0 Å². The lowest BCUT2D eigenvalue weighted by Gasteiger charge is -2.35. The third-order valence-corrected chi connectivity index (χ3v) is 8.15. The number of nitro benzene ring substituents is 2. The van der Waals surface area contributed by atoms with Gasteiger partial charge in [0.05, 0.1) is 21.9 Å². The summed E-state index contributed by atoms with van der Waals surface area (Å²) in [4.78, 5) is 24.9. The van der Waals surface area contributed by atoms with Crippen LogP contribution < -0.4 is 9.80 Å². The van der Waals surface area contributed by atoms with Gasteiger partial charge in [-0.05, 0) is 61.9 Å². The van der Waals surface area contributed by atoms with Crippen LogP contribution in [0.5, 0.6) is 0 Å². The zero-order chi connectivity index (χ0) is 28.7. The van der Waals surface area contributed by atoms with Crippen molar-refractivity contribution in [1.82, 2.24) is 0 Å². The van der Waals surface area contributed by atoms with Gasteiger partial charge in [-0.2, -0.15) is 0 Å². The molecule has 210 valence electrons. The Balaban J connectivity index is 1.65. The van der Waals surface area contributed by atoms with Crippen molar-refractivity contribution < 1.29 is 23.0 Å². The zero-order valence-electron chi connectivity index (χ0n) is 21.0. The van der Waals surface area contributed by atoms with E-state index in [1.165, 1.54) is 12.1 Å². The van der Waals surface area contributed by atoms with E-state index >= 15 is 13.2 Å². The lowest BCUT2D eigenvalue weighted by molar-refractivity contribution is -0.384. The van der Waals surface area contributed by atoms with Crippen LogP contribution in [0.25, 0.3) is 0 Å².